The zero-order valence-electron chi connectivity index (χ0n) is 9.22. The largest absolute Gasteiger partial charge is 0.495 e. The van der Waals surface area contributed by atoms with Crippen LogP contribution in [0.15, 0.2) is 6.07 Å². The molecule has 0 bridgehead atoms. The van der Waals surface area contributed by atoms with Crippen molar-refractivity contribution in [3.8, 4) is 5.75 Å². The fourth-order valence-electron chi connectivity index (χ4n) is 1.78. The van der Waals surface area contributed by atoms with E-state index in [4.69, 9.17) is 16.3 Å². The number of methoxy groups -OCH3 is 1. The van der Waals surface area contributed by atoms with Crippen molar-refractivity contribution in [1.29, 1.82) is 0 Å². The minimum absolute atomic E-state index is 0.618. The van der Waals surface area contributed by atoms with E-state index in [1.54, 1.807) is 7.11 Å². The number of halogens is 1. The van der Waals surface area contributed by atoms with Crippen LogP contribution >= 0.6 is 11.6 Å². The smallest absolute Gasteiger partial charge is 0.143 e. The van der Waals surface area contributed by atoms with Crippen LogP contribution in [0.2, 0.25) is 5.02 Å². The molecule has 1 aromatic carbocycles. The zero-order valence-corrected chi connectivity index (χ0v) is 9.98. The van der Waals surface area contributed by atoms with Gasteiger partial charge in [-0.25, -0.2) is 0 Å². The topological polar surface area (TPSA) is 29.5 Å². The fraction of sp³-hybridized carbons (Fsp3) is 0.500. The van der Waals surface area contributed by atoms with Gasteiger partial charge in [0.2, 0.25) is 0 Å². The van der Waals surface area contributed by atoms with Gasteiger partial charge in [0.15, 0.2) is 0 Å². The number of rotatable bonds is 2. The molecule has 0 unspecified atom stereocenters. The van der Waals surface area contributed by atoms with Gasteiger partial charge in [-0.3, -0.25) is 0 Å². The molecule has 2 rings (SSSR count). The average Bonchev–Trinajstić information content (AvgIpc) is 2.94. The molecule has 0 saturated heterocycles. The second kappa shape index (κ2) is 3.39. The first-order valence-electron chi connectivity index (χ1n) is 5.06. The Morgan fingerprint density at radius 2 is 2.00 bits per heavy atom. The van der Waals surface area contributed by atoms with Crippen LogP contribution in [-0.4, -0.2) is 12.2 Å². The van der Waals surface area contributed by atoms with Gasteiger partial charge < -0.3 is 9.84 Å². The first-order valence-corrected chi connectivity index (χ1v) is 5.44. The van der Waals surface area contributed by atoms with Crippen LogP contribution in [-0.2, 0) is 5.60 Å². The lowest BCUT2D eigenvalue weighted by molar-refractivity contribution is 0.147. The van der Waals surface area contributed by atoms with Gasteiger partial charge in [0.25, 0.3) is 0 Å². The Morgan fingerprint density at radius 1 is 1.40 bits per heavy atom. The summed E-state index contributed by atoms with van der Waals surface area (Å²) in [6, 6.07) is 1.98. The van der Waals surface area contributed by atoms with E-state index in [1.165, 1.54) is 0 Å². The molecule has 1 aliphatic rings. The summed E-state index contributed by atoms with van der Waals surface area (Å²) in [5, 5.41) is 10.7. The first kappa shape index (κ1) is 10.8. The third kappa shape index (κ3) is 1.62. The summed E-state index contributed by atoms with van der Waals surface area (Å²) in [6.45, 7) is 3.96. The third-order valence-electron chi connectivity index (χ3n) is 3.15. The Morgan fingerprint density at radius 3 is 2.47 bits per heavy atom. The van der Waals surface area contributed by atoms with Crippen molar-refractivity contribution in [3.05, 3.63) is 27.8 Å². The van der Waals surface area contributed by atoms with Crippen molar-refractivity contribution in [1.82, 2.24) is 0 Å². The Bertz CT molecular complexity index is 409. The van der Waals surface area contributed by atoms with Gasteiger partial charge in [-0.05, 0) is 43.9 Å². The van der Waals surface area contributed by atoms with Gasteiger partial charge in [-0.2, -0.15) is 0 Å². The van der Waals surface area contributed by atoms with E-state index in [-0.39, 0.29) is 0 Å². The van der Waals surface area contributed by atoms with Gasteiger partial charge in [0.05, 0.1) is 17.7 Å². The normalized spacial score (nSPS) is 17.7. The Hall–Kier alpha value is -0.730. The van der Waals surface area contributed by atoms with Crippen LogP contribution in [0.3, 0.4) is 0 Å². The molecule has 15 heavy (non-hydrogen) atoms. The molecular weight excluding hydrogens is 212 g/mol. The van der Waals surface area contributed by atoms with E-state index in [0.717, 1.165) is 29.5 Å². The molecule has 1 aliphatic carbocycles. The molecular formula is C12H15ClO2. The molecule has 1 saturated carbocycles. The summed E-state index contributed by atoms with van der Waals surface area (Å²) in [5.74, 6) is 0.625. The SMILES string of the molecule is COc1c(C2(O)CC2)cc(C)c(C)c1Cl. The molecule has 1 aromatic rings. The number of hydrogen-bond acceptors (Lipinski definition) is 2. The maximum absolute atomic E-state index is 10.1. The predicted molar refractivity (Wildman–Crippen MR) is 60.6 cm³/mol. The number of ether oxygens (including phenoxy) is 1. The zero-order chi connectivity index (χ0) is 11.2. The number of aryl methyl sites for hydroxylation is 1. The van der Waals surface area contributed by atoms with Crippen molar-refractivity contribution in [2.75, 3.05) is 7.11 Å². The third-order valence-corrected chi connectivity index (χ3v) is 3.61. The molecule has 3 heteroatoms. The number of benzene rings is 1. The molecule has 0 heterocycles. The predicted octanol–water partition coefficient (Wildman–Crippen LogP) is 2.95. The van der Waals surface area contributed by atoms with Gasteiger partial charge in [0.1, 0.15) is 5.75 Å². The van der Waals surface area contributed by atoms with Crippen molar-refractivity contribution >= 4 is 11.6 Å². The van der Waals surface area contributed by atoms with Crippen LogP contribution in [0.1, 0.15) is 29.5 Å². The minimum Gasteiger partial charge on any atom is -0.495 e. The highest BCUT2D eigenvalue weighted by Crippen LogP contribution is 2.51. The number of aliphatic hydroxyl groups is 1. The monoisotopic (exact) mass is 226 g/mol. The van der Waals surface area contributed by atoms with Crippen molar-refractivity contribution < 1.29 is 9.84 Å². The Balaban J connectivity index is 2.63. The summed E-state index contributed by atoms with van der Waals surface area (Å²) in [5.41, 5.74) is 2.24. The van der Waals surface area contributed by atoms with E-state index in [9.17, 15) is 5.11 Å². The molecule has 0 spiro atoms. The highest BCUT2D eigenvalue weighted by molar-refractivity contribution is 6.33. The molecule has 0 aromatic heterocycles. The van der Waals surface area contributed by atoms with Crippen molar-refractivity contribution in [2.45, 2.75) is 32.3 Å². The molecule has 0 aliphatic heterocycles. The fourth-order valence-corrected chi connectivity index (χ4v) is 2.11. The molecule has 0 radical (unpaired) electrons. The van der Waals surface area contributed by atoms with E-state index in [0.29, 0.717) is 10.8 Å². The van der Waals surface area contributed by atoms with Crippen LogP contribution in [0.4, 0.5) is 0 Å². The lowest BCUT2D eigenvalue weighted by Gasteiger charge is -2.17. The summed E-state index contributed by atoms with van der Waals surface area (Å²) < 4.78 is 5.29. The highest BCUT2D eigenvalue weighted by atomic mass is 35.5. The standard InChI is InChI=1S/C12H15ClO2/c1-7-6-9(12(14)4-5-12)11(15-3)10(13)8(7)2/h6,14H,4-5H2,1-3H3. The number of hydrogen-bond donors (Lipinski definition) is 1. The van der Waals surface area contributed by atoms with Crippen molar-refractivity contribution in [2.24, 2.45) is 0 Å². The van der Waals surface area contributed by atoms with E-state index >= 15 is 0 Å². The van der Waals surface area contributed by atoms with E-state index in [1.807, 2.05) is 19.9 Å². The summed E-state index contributed by atoms with van der Waals surface area (Å²) in [6.07, 6.45) is 1.59. The maximum atomic E-state index is 10.1. The van der Waals surface area contributed by atoms with Crippen molar-refractivity contribution in [3.63, 3.8) is 0 Å². The quantitative estimate of drug-likeness (QED) is 0.840. The lowest BCUT2D eigenvalue weighted by Crippen LogP contribution is -2.08. The summed E-state index contributed by atoms with van der Waals surface area (Å²) in [7, 11) is 1.59. The average molecular weight is 227 g/mol. The second-order valence-electron chi connectivity index (χ2n) is 4.24. The van der Waals surface area contributed by atoms with Crippen LogP contribution in [0.5, 0.6) is 5.75 Å². The van der Waals surface area contributed by atoms with Gasteiger partial charge in [-0.1, -0.05) is 11.6 Å². The summed E-state index contributed by atoms with van der Waals surface area (Å²) in [4.78, 5) is 0. The van der Waals surface area contributed by atoms with Gasteiger partial charge in [-0.15, -0.1) is 0 Å². The molecule has 1 N–H and O–H groups in total. The van der Waals surface area contributed by atoms with Crippen LogP contribution in [0, 0.1) is 13.8 Å². The lowest BCUT2D eigenvalue weighted by atomic mass is 10.00. The Kier molecular flexibility index (Phi) is 2.44. The van der Waals surface area contributed by atoms with Crippen LogP contribution < -0.4 is 4.74 Å². The second-order valence-corrected chi connectivity index (χ2v) is 4.62. The van der Waals surface area contributed by atoms with E-state index in [2.05, 4.69) is 0 Å². The maximum Gasteiger partial charge on any atom is 0.143 e. The molecule has 1 fully saturated rings. The Labute approximate surface area is 94.8 Å². The minimum atomic E-state index is -0.701. The first-order chi connectivity index (χ1) is 6.99. The van der Waals surface area contributed by atoms with E-state index < -0.39 is 5.60 Å². The molecule has 2 nitrogen and oxygen atoms in total. The highest BCUT2D eigenvalue weighted by Gasteiger charge is 2.45. The molecule has 82 valence electrons. The van der Waals surface area contributed by atoms with Gasteiger partial charge >= 0.3 is 0 Å². The van der Waals surface area contributed by atoms with Gasteiger partial charge in [0, 0.05) is 5.56 Å². The van der Waals surface area contributed by atoms with Crippen LogP contribution in [0.25, 0.3) is 0 Å². The molecule has 0 atom stereocenters. The summed E-state index contributed by atoms with van der Waals surface area (Å²) >= 11 is 6.20. The molecule has 0 amide bonds.